The number of aromatic nitrogens is 1. The Labute approximate surface area is 254 Å². The van der Waals surface area contributed by atoms with Crippen molar-refractivity contribution in [3.63, 3.8) is 0 Å². The number of rotatable bonds is 12. The number of aryl methyl sites for hydroxylation is 2. The topological polar surface area (TPSA) is 109 Å². The van der Waals surface area contributed by atoms with Crippen LogP contribution in [0.4, 0.5) is 0 Å². The first kappa shape index (κ1) is 31.8. The lowest BCUT2D eigenvalue weighted by molar-refractivity contribution is -0.132. The van der Waals surface area contributed by atoms with E-state index in [0.29, 0.717) is 11.3 Å². The van der Waals surface area contributed by atoms with E-state index in [0.717, 1.165) is 53.3 Å². The summed E-state index contributed by atoms with van der Waals surface area (Å²) in [6.07, 6.45) is 5.34. The molecular formula is C34H41N3O5S. The summed E-state index contributed by atoms with van der Waals surface area (Å²) in [5, 5.41) is 1.11. The van der Waals surface area contributed by atoms with Crippen molar-refractivity contribution < 1.29 is 22.7 Å². The van der Waals surface area contributed by atoms with Gasteiger partial charge in [0.05, 0.1) is 12.0 Å². The van der Waals surface area contributed by atoms with Crippen LogP contribution in [0.15, 0.2) is 71.8 Å². The summed E-state index contributed by atoms with van der Waals surface area (Å²) in [7, 11) is 1.08. The Morgan fingerprint density at radius 3 is 2.42 bits per heavy atom. The monoisotopic (exact) mass is 603 g/mol. The first-order valence-corrected chi connectivity index (χ1v) is 16.1. The highest BCUT2D eigenvalue weighted by Gasteiger charge is 2.25. The summed E-state index contributed by atoms with van der Waals surface area (Å²) >= 11 is 0. The molecule has 0 spiro atoms. The second-order valence-electron chi connectivity index (χ2n) is 11.3. The van der Waals surface area contributed by atoms with Crippen LogP contribution in [0.3, 0.4) is 0 Å². The molecule has 0 aliphatic heterocycles. The standard InChI is InChI=1S/C34H41N3O5S/c1-7-10-26(29-21-35-30-18-15-24(19-28(29)30)14-13-23(3)34(39)37(4)5)27-17-16-25(20-31(27)42-6)33(38)36-43(40,41)32-12-9-8-11-22(32)2/h8-9,11-12,15-21,23,26,35H,7,10,13-14H2,1-6H3,(H,36,38). The summed E-state index contributed by atoms with van der Waals surface area (Å²) < 4.78 is 33.8. The average Bonchev–Trinajstić information content (AvgIpc) is 3.40. The second kappa shape index (κ2) is 13.5. The molecule has 43 heavy (non-hydrogen) atoms. The highest BCUT2D eigenvalue weighted by molar-refractivity contribution is 7.90. The molecule has 0 radical (unpaired) electrons. The van der Waals surface area contributed by atoms with Crippen LogP contribution in [0, 0.1) is 12.8 Å². The molecule has 2 unspecified atom stereocenters. The number of carbonyl (C=O) groups is 2. The van der Waals surface area contributed by atoms with Crippen LogP contribution in [-0.4, -0.2) is 51.3 Å². The molecule has 2 atom stereocenters. The molecule has 0 aliphatic carbocycles. The number of nitrogens with one attached hydrogen (secondary N) is 2. The third-order valence-electron chi connectivity index (χ3n) is 7.94. The Morgan fingerprint density at radius 1 is 1.00 bits per heavy atom. The van der Waals surface area contributed by atoms with Crippen LogP contribution >= 0.6 is 0 Å². The van der Waals surface area contributed by atoms with Crippen molar-refractivity contribution in [1.29, 1.82) is 0 Å². The Kier molecular flexibility index (Phi) is 9.96. The van der Waals surface area contributed by atoms with Crippen LogP contribution in [0.2, 0.25) is 0 Å². The molecule has 4 rings (SSSR count). The van der Waals surface area contributed by atoms with Gasteiger partial charge in [-0.15, -0.1) is 0 Å². The van der Waals surface area contributed by atoms with E-state index in [2.05, 4.69) is 34.8 Å². The lowest BCUT2D eigenvalue weighted by Crippen LogP contribution is -2.31. The molecule has 9 heteroatoms. The van der Waals surface area contributed by atoms with Gasteiger partial charge in [0.15, 0.2) is 0 Å². The summed E-state index contributed by atoms with van der Waals surface area (Å²) in [5.74, 6) is -0.162. The van der Waals surface area contributed by atoms with Crippen LogP contribution in [0.1, 0.15) is 71.6 Å². The van der Waals surface area contributed by atoms with E-state index in [1.165, 1.54) is 6.07 Å². The molecule has 8 nitrogen and oxygen atoms in total. The van der Waals surface area contributed by atoms with Crippen molar-refractivity contribution in [2.45, 2.75) is 57.3 Å². The number of hydrogen-bond acceptors (Lipinski definition) is 5. The van der Waals surface area contributed by atoms with Crippen LogP contribution < -0.4 is 9.46 Å². The van der Waals surface area contributed by atoms with E-state index in [-0.39, 0.29) is 28.2 Å². The molecule has 2 N–H and O–H groups in total. The van der Waals surface area contributed by atoms with Crippen LogP contribution in [0.25, 0.3) is 10.9 Å². The van der Waals surface area contributed by atoms with Crippen molar-refractivity contribution in [3.05, 3.63) is 94.7 Å². The predicted octanol–water partition coefficient (Wildman–Crippen LogP) is 6.19. The van der Waals surface area contributed by atoms with Crippen molar-refractivity contribution in [2.24, 2.45) is 5.92 Å². The molecule has 3 aromatic carbocycles. The van der Waals surface area contributed by atoms with E-state index >= 15 is 0 Å². The number of fused-ring (bicyclic) bond motifs is 1. The summed E-state index contributed by atoms with van der Waals surface area (Å²) in [6, 6.07) is 18.0. The zero-order valence-electron chi connectivity index (χ0n) is 25.7. The number of ether oxygens (including phenoxy) is 1. The molecule has 4 aromatic rings. The van der Waals surface area contributed by atoms with Crippen molar-refractivity contribution >= 4 is 32.7 Å². The van der Waals surface area contributed by atoms with Gasteiger partial charge in [-0.05, 0) is 73.2 Å². The zero-order valence-corrected chi connectivity index (χ0v) is 26.5. The Hall–Kier alpha value is -4.11. The fourth-order valence-electron chi connectivity index (χ4n) is 5.58. The van der Waals surface area contributed by atoms with E-state index in [4.69, 9.17) is 4.74 Å². The van der Waals surface area contributed by atoms with E-state index in [1.807, 2.05) is 19.2 Å². The molecule has 0 saturated heterocycles. The number of nitrogens with zero attached hydrogens (tertiary/aromatic N) is 1. The minimum atomic E-state index is -4.04. The molecule has 1 aromatic heterocycles. The van der Waals surface area contributed by atoms with E-state index in [9.17, 15) is 18.0 Å². The number of amides is 2. The van der Waals surface area contributed by atoms with Gasteiger partial charge in [0.1, 0.15) is 5.75 Å². The van der Waals surface area contributed by atoms with Gasteiger partial charge in [0.2, 0.25) is 5.91 Å². The normalized spacial score (nSPS) is 13.0. The Balaban J connectivity index is 1.63. The van der Waals surface area contributed by atoms with Gasteiger partial charge >= 0.3 is 0 Å². The molecule has 2 amide bonds. The Bertz CT molecular complexity index is 1730. The molecule has 0 saturated carbocycles. The van der Waals surface area contributed by atoms with E-state index in [1.54, 1.807) is 63.4 Å². The number of H-pyrrole nitrogens is 1. The number of hydrogen-bond donors (Lipinski definition) is 2. The third kappa shape index (κ3) is 7.10. The molecule has 0 fully saturated rings. The van der Waals surface area contributed by atoms with Crippen molar-refractivity contribution in [3.8, 4) is 5.75 Å². The summed E-state index contributed by atoms with van der Waals surface area (Å²) in [6.45, 7) is 5.78. The van der Waals surface area contributed by atoms with Crippen LogP contribution in [-0.2, 0) is 21.2 Å². The number of benzene rings is 3. The highest BCUT2D eigenvalue weighted by Crippen LogP contribution is 2.39. The largest absolute Gasteiger partial charge is 0.496 e. The van der Waals surface area contributed by atoms with Crippen molar-refractivity contribution in [2.75, 3.05) is 21.2 Å². The third-order valence-corrected chi connectivity index (χ3v) is 9.43. The smallest absolute Gasteiger partial charge is 0.265 e. The van der Waals surface area contributed by atoms with Gasteiger partial charge < -0.3 is 14.6 Å². The van der Waals surface area contributed by atoms with Gasteiger partial charge in [0.25, 0.3) is 15.9 Å². The first-order valence-electron chi connectivity index (χ1n) is 14.6. The summed E-state index contributed by atoms with van der Waals surface area (Å²) in [5.41, 5.74) is 4.96. The SMILES string of the molecule is CCCC(c1ccc(C(=O)NS(=O)(=O)c2ccccc2C)cc1OC)c1c[nH]c2ccc(CCC(C)C(=O)N(C)C)cc12. The van der Waals surface area contributed by atoms with Crippen molar-refractivity contribution in [1.82, 2.24) is 14.6 Å². The quantitative estimate of drug-likeness (QED) is 0.201. The molecule has 228 valence electrons. The first-order chi connectivity index (χ1) is 20.5. The average molecular weight is 604 g/mol. The maximum atomic E-state index is 13.1. The predicted molar refractivity (Wildman–Crippen MR) is 170 cm³/mol. The molecule has 0 aliphatic rings. The molecule has 0 bridgehead atoms. The van der Waals surface area contributed by atoms with Gasteiger partial charge in [-0.2, -0.15) is 0 Å². The van der Waals surface area contributed by atoms with E-state index < -0.39 is 15.9 Å². The number of aromatic amines is 1. The summed E-state index contributed by atoms with van der Waals surface area (Å²) in [4.78, 5) is 30.5. The minimum absolute atomic E-state index is 0.0222. The maximum Gasteiger partial charge on any atom is 0.265 e. The van der Waals surface area contributed by atoms with Crippen LogP contribution in [0.5, 0.6) is 5.75 Å². The van der Waals surface area contributed by atoms with Gasteiger partial charge in [-0.1, -0.05) is 50.6 Å². The number of carbonyl (C=O) groups excluding carboxylic acids is 2. The zero-order chi connectivity index (χ0) is 31.3. The number of sulfonamides is 1. The Morgan fingerprint density at radius 2 is 1.74 bits per heavy atom. The van der Waals surface area contributed by atoms with Gasteiger partial charge in [0, 0.05) is 54.2 Å². The lowest BCUT2D eigenvalue weighted by atomic mass is 9.86. The second-order valence-corrected chi connectivity index (χ2v) is 12.9. The fraction of sp³-hybridized carbons (Fsp3) is 0.353. The lowest BCUT2D eigenvalue weighted by Gasteiger charge is -2.20. The fourth-order valence-corrected chi connectivity index (χ4v) is 6.80. The molecule has 1 heterocycles. The van der Waals surface area contributed by atoms with Gasteiger partial charge in [-0.25, -0.2) is 13.1 Å². The number of methoxy groups -OCH3 is 1. The maximum absolute atomic E-state index is 13.1. The molecular weight excluding hydrogens is 562 g/mol. The highest BCUT2D eigenvalue weighted by atomic mass is 32.2. The minimum Gasteiger partial charge on any atom is -0.496 e. The van der Waals surface area contributed by atoms with Gasteiger partial charge in [-0.3, -0.25) is 9.59 Å².